The summed E-state index contributed by atoms with van der Waals surface area (Å²) in [5, 5.41) is 1.28. The third-order valence-electron chi connectivity index (χ3n) is 5.02. The van der Waals surface area contributed by atoms with Gasteiger partial charge in [0.05, 0.1) is 27.9 Å². The number of hydrogen-bond acceptors (Lipinski definition) is 5. The fourth-order valence-corrected chi connectivity index (χ4v) is 6.56. The minimum atomic E-state index is -1.92. The normalized spacial score (nSPS) is 25.5. The first-order valence-electron chi connectivity index (χ1n) is 8.71. The molecule has 1 unspecified atom stereocenters. The number of hydrogen-bond donors (Lipinski definition) is 0. The molecule has 1 atom stereocenters. The highest BCUT2D eigenvalue weighted by Gasteiger charge is 2.61. The topological polar surface area (TPSA) is 61.8 Å². The van der Waals surface area contributed by atoms with E-state index >= 15 is 0 Å². The van der Waals surface area contributed by atoms with Crippen molar-refractivity contribution in [2.75, 3.05) is 14.2 Å². The van der Waals surface area contributed by atoms with Crippen molar-refractivity contribution in [1.29, 1.82) is 0 Å². The van der Waals surface area contributed by atoms with E-state index in [-0.39, 0.29) is 6.42 Å². The quantitative estimate of drug-likeness (QED) is 0.407. The van der Waals surface area contributed by atoms with E-state index in [9.17, 15) is 9.59 Å². The van der Waals surface area contributed by atoms with E-state index in [1.165, 1.54) is 19.4 Å². The van der Waals surface area contributed by atoms with Crippen LogP contribution in [0.15, 0.2) is 10.8 Å². The Morgan fingerprint density at radius 3 is 1.72 bits per heavy atom. The second-order valence-electron chi connectivity index (χ2n) is 9.22. The molecule has 0 aliphatic heterocycles. The molecule has 0 spiro atoms. The van der Waals surface area contributed by atoms with Gasteiger partial charge in [-0.05, 0) is 45.5 Å². The summed E-state index contributed by atoms with van der Waals surface area (Å²) in [6.07, 6.45) is 0.574. The van der Waals surface area contributed by atoms with Gasteiger partial charge in [-0.1, -0.05) is 24.8 Å². The number of methoxy groups -OCH3 is 2. The molecular weight excluding hydrogens is 352 g/mol. The molecule has 7 heteroatoms. The van der Waals surface area contributed by atoms with Gasteiger partial charge in [0.15, 0.2) is 13.7 Å². The minimum absolute atomic E-state index is 0.265. The smallest absolute Gasteiger partial charge is 0.323 e. The number of ether oxygens (including phenoxy) is 2. The fourth-order valence-electron chi connectivity index (χ4n) is 3.75. The van der Waals surface area contributed by atoms with Crippen LogP contribution in [0.25, 0.3) is 0 Å². The van der Waals surface area contributed by atoms with E-state index in [1.54, 1.807) is 0 Å². The van der Waals surface area contributed by atoms with Gasteiger partial charge < -0.3 is 13.9 Å². The van der Waals surface area contributed by atoms with E-state index in [1.807, 2.05) is 6.92 Å². The van der Waals surface area contributed by atoms with Crippen molar-refractivity contribution in [3.8, 4) is 0 Å². The van der Waals surface area contributed by atoms with E-state index in [0.29, 0.717) is 6.42 Å². The minimum Gasteiger partial charge on any atom is -0.468 e. The van der Waals surface area contributed by atoms with Crippen LogP contribution in [0, 0.1) is 5.41 Å². The number of esters is 2. The average Bonchev–Trinajstić information content (AvgIpc) is 2.75. The molecule has 1 rings (SSSR count). The summed E-state index contributed by atoms with van der Waals surface area (Å²) in [7, 11) is -0.916. The summed E-state index contributed by atoms with van der Waals surface area (Å²) >= 11 is 0. The highest BCUT2D eigenvalue weighted by atomic mass is 28.4. The Balaban J connectivity index is 3.64. The van der Waals surface area contributed by atoms with Crippen LogP contribution in [0.2, 0.25) is 39.3 Å². The van der Waals surface area contributed by atoms with Gasteiger partial charge in [-0.15, -0.1) is 0 Å². The Labute approximate surface area is 154 Å². The average molecular weight is 387 g/mol. The maximum Gasteiger partial charge on any atom is 0.323 e. The van der Waals surface area contributed by atoms with Crippen molar-refractivity contribution < 1.29 is 23.5 Å². The van der Waals surface area contributed by atoms with Crippen molar-refractivity contribution in [2.45, 2.75) is 71.6 Å². The van der Waals surface area contributed by atoms with Crippen molar-refractivity contribution >= 4 is 28.3 Å². The summed E-state index contributed by atoms with van der Waals surface area (Å²) in [6, 6.07) is 0. The molecule has 144 valence electrons. The fraction of sp³-hybridized carbons (Fsp3) is 0.778. The zero-order chi connectivity index (χ0) is 19.8. The Kier molecular flexibility index (Phi) is 6.19. The van der Waals surface area contributed by atoms with Crippen LogP contribution in [0.1, 0.15) is 26.7 Å². The van der Waals surface area contributed by atoms with Crippen LogP contribution in [0.5, 0.6) is 0 Å². The lowest BCUT2D eigenvalue weighted by Crippen LogP contribution is -2.45. The van der Waals surface area contributed by atoms with Gasteiger partial charge in [-0.3, -0.25) is 9.59 Å². The van der Waals surface area contributed by atoms with Gasteiger partial charge in [-0.25, -0.2) is 0 Å². The molecule has 0 radical (unpaired) electrons. The van der Waals surface area contributed by atoms with Crippen molar-refractivity contribution in [2.24, 2.45) is 5.41 Å². The van der Waals surface area contributed by atoms with Crippen LogP contribution < -0.4 is 0 Å². The SMILES string of the molecule is COC(=O)C1(C(=O)OC)C/C(=C(/C)[Si](C)(C)C)C(C)(O[Si](C)(C)C)C1. The second kappa shape index (κ2) is 7.00. The summed E-state index contributed by atoms with van der Waals surface area (Å²) in [5.41, 5.74) is -0.907. The Morgan fingerprint density at radius 2 is 1.40 bits per heavy atom. The van der Waals surface area contributed by atoms with Crippen molar-refractivity contribution in [3.63, 3.8) is 0 Å². The molecule has 0 N–H and O–H groups in total. The largest absolute Gasteiger partial charge is 0.468 e. The van der Waals surface area contributed by atoms with Gasteiger partial charge in [-0.2, -0.15) is 0 Å². The van der Waals surface area contributed by atoms with Gasteiger partial charge >= 0.3 is 11.9 Å². The Hall–Kier alpha value is -0.926. The highest BCUT2D eigenvalue weighted by molar-refractivity contribution is 6.83. The molecule has 0 amide bonds. The van der Waals surface area contributed by atoms with E-state index in [0.717, 1.165) is 5.57 Å². The number of carbonyl (C=O) groups is 2. The maximum absolute atomic E-state index is 12.6. The maximum atomic E-state index is 12.6. The molecule has 1 aliphatic carbocycles. The van der Waals surface area contributed by atoms with Gasteiger partial charge in [0.25, 0.3) is 0 Å². The predicted octanol–water partition coefficient (Wildman–Crippen LogP) is 3.92. The van der Waals surface area contributed by atoms with Crippen LogP contribution in [0.4, 0.5) is 0 Å². The number of allylic oxidation sites excluding steroid dienone is 1. The first-order valence-corrected chi connectivity index (χ1v) is 15.6. The molecule has 1 fully saturated rings. The molecule has 1 aliphatic rings. The Bertz CT molecular complexity index is 567. The predicted molar refractivity (Wildman–Crippen MR) is 105 cm³/mol. The molecule has 0 aromatic rings. The monoisotopic (exact) mass is 386 g/mol. The molecule has 0 bridgehead atoms. The number of carbonyl (C=O) groups excluding carboxylic acids is 2. The van der Waals surface area contributed by atoms with Crippen LogP contribution >= 0.6 is 0 Å². The van der Waals surface area contributed by atoms with Gasteiger partial charge in [0, 0.05) is 6.42 Å². The lowest BCUT2D eigenvalue weighted by molar-refractivity contribution is -0.169. The van der Waals surface area contributed by atoms with E-state index in [2.05, 4.69) is 46.2 Å². The van der Waals surface area contributed by atoms with Crippen molar-refractivity contribution in [1.82, 2.24) is 0 Å². The molecular formula is C18H34O5Si2. The first-order chi connectivity index (χ1) is 11.1. The zero-order valence-corrected chi connectivity index (χ0v) is 19.5. The van der Waals surface area contributed by atoms with E-state index in [4.69, 9.17) is 13.9 Å². The third-order valence-corrected chi connectivity index (χ3v) is 8.63. The van der Waals surface area contributed by atoms with Crippen LogP contribution in [-0.2, 0) is 23.5 Å². The van der Waals surface area contributed by atoms with Gasteiger partial charge in [0.1, 0.15) is 0 Å². The molecule has 0 aromatic carbocycles. The molecule has 5 nitrogen and oxygen atoms in total. The second-order valence-corrected chi connectivity index (χ2v) is 18.9. The molecule has 25 heavy (non-hydrogen) atoms. The summed E-state index contributed by atoms with van der Waals surface area (Å²) in [5.74, 6) is -1.08. The molecule has 1 saturated carbocycles. The third kappa shape index (κ3) is 4.43. The van der Waals surface area contributed by atoms with Crippen molar-refractivity contribution in [3.05, 3.63) is 10.8 Å². The molecule has 0 heterocycles. The lowest BCUT2D eigenvalue weighted by atomic mass is 9.84. The summed E-state index contributed by atoms with van der Waals surface area (Å²) < 4.78 is 16.6. The highest BCUT2D eigenvalue weighted by Crippen LogP contribution is 2.53. The van der Waals surface area contributed by atoms with Crippen LogP contribution in [0.3, 0.4) is 0 Å². The van der Waals surface area contributed by atoms with Gasteiger partial charge in [0.2, 0.25) is 0 Å². The molecule has 0 aromatic heterocycles. The summed E-state index contributed by atoms with van der Waals surface area (Å²) in [6.45, 7) is 17.3. The Morgan fingerprint density at radius 1 is 0.960 bits per heavy atom. The lowest BCUT2D eigenvalue weighted by Gasteiger charge is -2.37. The number of rotatable bonds is 5. The van der Waals surface area contributed by atoms with E-state index < -0.39 is 39.3 Å². The summed E-state index contributed by atoms with van der Waals surface area (Å²) in [4.78, 5) is 25.3. The van der Waals surface area contributed by atoms with Crippen LogP contribution in [-0.4, -0.2) is 48.2 Å². The standard InChI is InChI=1S/C18H34O5Si2/c1-13(24(5,6)7)14-11-18(15(19)21-3,16(20)22-4)12-17(14,2)23-25(8,9)10/h11-12H2,1-10H3/b14-13+. The first kappa shape index (κ1) is 22.1. The zero-order valence-electron chi connectivity index (χ0n) is 17.5. The molecule has 0 saturated heterocycles.